The molecule has 5 atom stereocenters. The summed E-state index contributed by atoms with van der Waals surface area (Å²) in [6.07, 6.45) is 4.83. The summed E-state index contributed by atoms with van der Waals surface area (Å²) in [5, 5.41) is 2.98. The lowest BCUT2D eigenvalue weighted by molar-refractivity contribution is -0.131. The van der Waals surface area contributed by atoms with Crippen LogP contribution in [0.5, 0.6) is 0 Å². The Morgan fingerprint density at radius 1 is 1.15 bits per heavy atom. The number of benzene rings is 1. The molecule has 1 saturated carbocycles. The summed E-state index contributed by atoms with van der Waals surface area (Å²) in [5.74, 6) is 0.617. The minimum atomic E-state index is -0.430. The number of carbonyl (C=O) groups is 1. The van der Waals surface area contributed by atoms with E-state index in [1.807, 2.05) is 19.1 Å². The van der Waals surface area contributed by atoms with E-state index in [0.29, 0.717) is 5.92 Å². The van der Waals surface area contributed by atoms with Gasteiger partial charge in [-0.1, -0.05) is 19.8 Å². The summed E-state index contributed by atoms with van der Waals surface area (Å²) in [5.41, 5.74) is 1.97. The number of anilines is 2. The van der Waals surface area contributed by atoms with Crippen LogP contribution in [0.4, 0.5) is 11.4 Å². The molecule has 0 bridgehead atoms. The first-order valence-corrected chi connectivity index (χ1v) is 10.4. The molecule has 2 aliphatic rings. The third-order valence-corrected chi connectivity index (χ3v) is 5.57. The molecule has 0 radical (unpaired) electrons. The molecule has 1 aromatic rings. The number of carbonyl (C=O) groups excluding carboxylic acids is 1. The molecular weight excluding hydrogens is 340 g/mol. The first kappa shape index (κ1) is 20.2. The topological polar surface area (TPSA) is 50.8 Å². The van der Waals surface area contributed by atoms with E-state index in [0.717, 1.165) is 37.3 Å². The van der Waals surface area contributed by atoms with Gasteiger partial charge in [-0.25, -0.2) is 0 Å². The molecular formula is C22H34N2O3. The summed E-state index contributed by atoms with van der Waals surface area (Å²) in [4.78, 5) is 14.8. The van der Waals surface area contributed by atoms with Gasteiger partial charge >= 0.3 is 0 Å². The fourth-order valence-corrected chi connectivity index (χ4v) is 4.24. The molecule has 2 fully saturated rings. The molecule has 1 saturated heterocycles. The van der Waals surface area contributed by atoms with Gasteiger partial charge in [0.05, 0.1) is 18.3 Å². The second-order valence-electron chi connectivity index (χ2n) is 8.37. The second kappa shape index (κ2) is 9.07. The predicted octanol–water partition coefficient (Wildman–Crippen LogP) is 4.22. The summed E-state index contributed by atoms with van der Waals surface area (Å²) >= 11 is 0. The largest absolute Gasteiger partial charge is 0.372 e. The molecule has 1 amide bonds. The molecule has 1 aromatic carbocycles. The smallest absolute Gasteiger partial charge is 0.253 e. The van der Waals surface area contributed by atoms with Gasteiger partial charge < -0.3 is 19.7 Å². The molecule has 1 heterocycles. The Hall–Kier alpha value is -1.59. The van der Waals surface area contributed by atoms with Crippen molar-refractivity contribution in [3.8, 4) is 0 Å². The Bertz CT molecular complexity index is 608. The molecule has 3 rings (SSSR count). The summed E-state index contributed by atoms with van der Waals surface area (Å²) in [6.45, 7) is 10.1. The van der Waals surface area contributed by atoms with E-state index in [2.05, 4.69) is 43.1 Å². The van der Waals surface area contributed by atoms with E-state index in [1.165, 1.54) is 12.8 Å². The van der Waals surface area contributed by atoms with Crippen LogP contribution < -0.4 is 10.2 Å². The van der Waals surface area contributed by atoms with Gasteiger partial charge in [0.2, 0.25) is 0 Å². The number of ether oxygens (including phenoxy) is 2. The highest BCUT2D eigenvalue weighted by molar-refractivity contribution is 5.94. The maximum Gasteiger partial charge on any atom is 0.253 e. The highest BCUT2D eigenvalue weighted by Gasteiger charge is 2.25. The molecule has 1 aliphatic carbocycles. The zero-order chi connectivity index (χ0) is 19.4. The van der Waals surface area contributed by atoms with Gasteiger partial charge in [-0.05, 0) is 63.8 Å². The third kappa shape index (κ3) is 5.69. The van der Waals surface area contributed by atoms with Crippen molar-refractivity contribution in [2.45, 2.75) is 77.8 Å². The average molecular weight is 375 g/mol. The van der Waals surface area contributed by atoms with Crippen LogP contribution in [0.1, 0.15) is 53.4 Å². The van der Waals surface area contributed by atoms with Gasteiger partial charge in [0.25, 0.3) is 5.91 Å². The van der Waals surface area contributed by atoms with Crippen molar-refractivity contribution in [3.05, 3.63) is 24.3 Å². The zero-order valence-electron chi connectivity index (χ0n) is 17.1. The third-order valence-electron chi connectivity index (χ3n) is 5.57. The van der Waals surface area contributed by atoms with Crippen molar-refractivity contribution >= 4 is 17.3 Å². The highest BCUT2D eigenvalue weighted by Crippen LogP contribution is 2.27. The van der Waals surface area contributed by atoms with E-state index in [9.17, 15) is 4.79 Å². The maximum atomic E-state index is 12.5. The molecule has 0 aromatic heterocycles. The molecule has 5 heteroatoms. The van der Waals surface area contributed by atoms with Crippen molar-refractivity contribution in [2.24, 2.45) is 5.92 Å². The summed E-state index contributed by atoms with van der Waals surface area (Å²) in [6, 6.07) is 8.06. The van der Waals surface area contributed by atoms with Gasteiger partial charge in [-0.2, -0.15) is 0 Å². The molecule has 1 aliphatic heterocycles. The van der Waals surface area contributed by atoms with Crippen LogP contribution in [0.2, 0.25) is 0 Å². The highest BCUT2D eigenvalue weighted by atomic mass is 16.5. The second-order valence-corrected chi connectivity index (χ2v) is 8.37. The van der Waals surface area contributed by atoms with Crippen molar-refractivity contribution in [1.82, 2.24) is 0 Å². The van der Waals surface area contributed by atoms with Crippen LogP contribution >= 0.6 is 0 Å². The number of nitrogens with one attached hydrogen (secondary N) is 1. The van der Waals surface area contributed by atoms with Crippen molar-refractivity contribution in [1.29, 1.82) is 0 Å². The summed E-state index contributed by atoms with van der Waals surface area (Å²) in [7, 11) is 0. The fraction of sp³-hybridized carbons (Fsp3) is 0.682. The van der Waals surface area contributed by atoms with Crippen molar-refractivity contribution < 1.29 is 14.3 Å². The zero-order valence-corrected chi connectivity index (χ0v) is 17.1. The maximum absolute atomic E-state index is 12.5. The fourth-order valence-electron chi connectivity index (χ4n) is 4.24. The Labute approximate surface area is 163 Å². The number of morpholine rings is 1. The average Bonchev–Trinajstić information content (AvgIpc) is 2.61. The lowest BCUT2D eigenvalue weighted by Gasteiger charge is -2.36. The first-order valence-electron chi connectivity index (χ1n) is 10.4. The van der Waals surface area contributed by atoms with Gasteiger partial charge in [0.1, 0.15) is 6.10 Å². The lowest BCUT2D eigenvalue weighted by Crippen LogP contribution is -2.45. The van der Waals surface area contributed by atoms with Crippen LogP contribution in [0.3, 0.4) is 0 Å². The Morgan fingerprint density at radius 3 is 2.44 bits per heavy atom. The van der Waals surface area contributed by atoms with Crippen molar-refractivity contribution in [3.63, 3.8) is 0 Å². The van der Waals surface area contributed by atoms with Crippen molar-refractivity contribution in [2.75, 3.05) is 23.3 Å². The van der Waals surface area contributed by atoms with E-state index in [4.69, 9.17) is 9.47 Å². The number of amides is 1. The van der Waals surface area contributed by atoms with E-state index in [1.54, 1.807) is 0 Å². The molecule has 0 spiro atoms. The number of rotatable bonds is 5. The summed E-state index contributed by atoms with van der Waals surface area (Å²) < 4.78 is 11.8. The Morgan fingerprint density at radius 2 is 1.81 bits per heavy atom. The molecule has 150 valence electrons. The van der Waals surface area contributed by atoms with Gasteiger partial charge in [0.15, 0.2) is 0 Å². The molecule has 0 unspecified atom stereocenters. The van der Waals surface area contributed by atoms with E-state index < -0.39 is 6.10 Å². The lowest BCUT2D eigenvalue weighted by atomic mass is 9.88. The van der Waals surface area contributed by atoms with Gasteiger partial charge in [0, 0.05) is 24.5 Å². The van der Waals surface area contributed by atoms with Gasteiger partial charge in [-0.3, -0.25) is 4.79 Å². The molecule has 1 N–H and O–H groups in total. The number of nitrogens with zero attached hydrogens (tertiary/aromatic N) is 1. The minimum Gasteiger partial charge on any atom is -0.372 e. The van der Waals surface area contributed by atoms with E-state index in [-0.39, 0.29) is 24.2 Å². The van der Waals surface area contributed by atoms with Crippen LogP contribution in [0.25, 0.3) is 0 Å². The van der Waals surface area contributed by atoms with Crippen LogP contribution in [0.15, 0.2) is 24.3 Å². The SMILES string of the molecule is C[C@@H]1CCC[C@H](O[C@@H](C)C(=O)Nc2ccc(N3C[C@@H](C)O[C@@H](C)C3)cc2)C1. The quantitative estimate of drug-likeness (QED) is 0.838. The predicted molar refractivity (Wildman–Crippen MR) is 109 cm³/mol. The molecule has 5 nitrogen and oxygen atoms in total. The Balaban J connectivity index is 1.52. The number of hydrogen-bond donors (Lipinski definition) is 1. The van der Waals surface area contributed by atoms with Crippen LogP contribution in [0, 0.1) is 5.92 Å². The Kier molecular flexibility index (Phi) is 6.77. The number of hydrogen-bond acceptors (Lipinski definition) is 4. The monoisotopic (exact) mass is 374 g/mol. The van der Waals surface area contributed by atoms with E-state index >= 15 is 0 Å². The van der Waals surface area contributed by atoms with Crippen LogP contribution in [-0.2, 0) is 14.3 Å². The standard InChI is InChI=1S/C22H34N2O3/c1-15-6-5-7-21(12-15)27-18(4)22(25)23-19-8-10-20(11-9-19)24-13-16(2)26-17(3)14-24/h8-11,15-18,21H,5-7,12-14H2,1-4H3,(H,23,25)/t15-,16-,17+,18+,21+/m1/s1. The first-order chi connectivity index (χ1) is 12.9. The van der Waals surface area contributed by atoms with Gasteiger partial charge in [-0.15, -0.1) is 0 Å². The minimum absolute atomic E-state index is 0.0745. The molecule has 27 heavy (non-hydrogen) atoms. The normalized spacial score (nSPS) is 30.0. The van der Waals surface area contributed by atoms with Crippen LogP contribution in [-0.4, -0.2) is 43.4 Å².